The summed E-state index contributed by atoms with van der Waals surface area (Å²) in [6.45, 7) is 3.89. The van der Waals surface area contributed by atoms with Crippen LogP contribution in [0.2, 0.25) is 0 Å². The van der Waals surface area contributed by atoms with Crippen LogP contribution in [0.3, 0.4) is 0 Å². The zero-order valence-electron chi connectivity index (χ0n) is 10.4. The van der Waals surface area contributed by atoms with Crippen molar-refractivity contribution in [2.75, 3.05) is 6.61 Å². The highest BCUT2D eigenvalue weighted by Crippen LogP contribution is 2.27. The van der Waals surface area contributed by atoms with Crippen molar-refractivity contribution in [2.24, 2.45) is 0 Å². The zero-order valence-corrected chi connectivity index (χ0v) is 12.0. The first-order valence-corrected chi connectivity index (χ1v) is 6.81. The summed E-state index contributed by atoms with van der Waals surface area (Å²) in [5.74, 6) is 0.696. The predicted molar refractivity (Wildman–Crippen MR) is 69.3 cm³/mol. The van der Waals surface area contributed by atoms with Gasteiger partial charge in [0.25, 0.3) is 0 Å². The predicted octanol–water partition coefficient (Wildman–Crippen LogP) is 4.92. The molecule has 0 saturated heterocycles. The second-order valence-corrected chi connectivity index (χ2v) is 4.82. The van der Waals surface area contributed by atoms with Gasteiger partial charge in [-0.15, -0.1) is 0 Å². The first-order chi connectivity index (χ1) is 8.33. The smallest absolute Gasteiger partial charge is 0.389 e. The van der Waals surface area contributed by atoms with Gasteiger partial charge in [0.1, 0.15) is 5.75 Å². The number of halogens is 4. The van der Waals surface area contributed by atoms with Crippen LogP contribution in [-0.2, 0) is 5.33 Å². The van der Waals surface area contributed by atoms with Crippen LogP contribution in [-0.4, -0.2) is 12.8 Å². The van der Waals surface area contributed by atoms with Crippen LogP contribution in [0, 0.1) is 13.8 Å². The lowest BCUT2D eigenvalue weighted by molar-refractivity contribution is -0.136. The first kappa shape index (κ1) is 15.3. The van der Waals surface area contributed by atoms with Crippen LogP contribution in [0.4, 0.5) is 13.2 Å². The van der Waals surface area contributed by atoms with Crippen LogP contribution in [0.1, 0.15) is 29.5 Å². The van der Waals surface area contributed by atoms with E-state index in [0.29, 0.717) is 5.75 Å². The van der Waals surface area contributed by atoms with Gasteiger partial charge >= 0.3 is 6.18 Å². The molecule has 1 aromatic rings. The van der Waals surface area contributed by atoms with Gasteiger partial charge in [0.05, 0.1) is 6.61 Å². The van der Waals surface area contributed by atoms with Crippen LogP contribution in [0.25, 0.3) is 0 Å². The quantitative estimate of drug-likeness (QED) is 0.551. The Morgan fingerprint density at radius 1 is 1.17 bits per heavy atom. The van der Waals surface area contributed by atoms with E-state index in [0.717, 1.165) is 22.0 Å². The van der Waals surface area contributed by atoms with Crippen molar-refractivity contribution in [3.63, 3.8) is 0 Å². The number of hydrogen-bond acceptors (Lipinski definition) is 1. The highest BCUT2D eigenvalue weighted by molar-refractivity contribution is 9.08. The average Bonchev–Trinajstić information content (AvgIpc) is 2.25. The van der Waals surface area contributed by atoms with Crippen LogP contribution in [0.15, 0.2) is 12.1 Å². The third-order valence-corrected chi connectivity index (χ3v) is 3.17. The maximum atomic E-state index is 12.0. The Labute approximate surface area is 113 Å². The fraction of sp³-hybridized carbons (Fsp3) is 0.538. The molecule has 0 N–H and O–H groups in total. The summed E-state index contributed by atoms with van der Waals surface area (Å²) in [5.41, 5.74) is 3.04. The number of ether oxygens (including phenoxy) is 1. The van der Waals surface area contributed by atoms with Crippen molar-refractivity contribution >= 4 is 15.9 Å². The molecule has 0 aliphatic carbocycles. The fourth-order valence-corrected chi connectivity index (χ4v) is 2.12. The molecule has 18 heavy (non-hydrogen) atoms. The molecule has 0 fully saturated rings. The van der Waals surface area contributed by atoms with Crippen LogP contribution in [0.5, 0.6) is 5.75 Å². The third-order valence-electron chi connectivity index (χ3n) is 2.53. The molecule has 0 bridgehead atoms. The Kier molecular flexibility index (Phi) is 5.50. The highest BCUT2D eigenvalue weighted by Gasteiger charge is 2.26. The number of aryl methyl sites for hydroxylation is 2. The summed E-state index contributed by atoms with van der Waals surface area (Å²) in [7, 11) is 0. The van der Waals surface area contributed by atoms with Gasteiger partial charge < -0.3 is 4.74 Å². The van der Waals surface area contributed by atoms with E-state index >= 15 is 0 Å². The molecular formula is C13H16BrF3O. The fourth-order valence-electron chi connectivity index (χ4n) is 1.79. The number of rotatable bonds is 5. The maximum Gasteiger partial charge on any atom is 0.389 e. The highest BCUT2D eigenvalue weighted by atomic mass is 79.9. The molecule has 0 aliphatic rings. The molecule has 1 rings (SSSR count). The second-order valence-electron chi connectivity index (χ2n) is 4.26. The summed E-state index contributed by atoms with van der Waals surface area (Å²) in [4.78, 5) is 0. The Morgan fingerprint density at radius 3 is 2.17 bits per heavy atom. The Balaban J connectivity index is 2.57. The maximum absolute atomic E-state index is 12.0. The number of hydrogen-bond donors (Lipinski definition) is 0. The molecule has 1 nitrogen and oxygen atoms in total. The van der Waals surface area contributed by atoms with Crippen molar-refractivity contribution in [1.82, 2.24) is 0 Å². The lowest BCUT2D eigenvalue weighted by atomic mass is 10.1. The van der Waals surface area contributed by atoms with E-state index in [9.17, 15) is 13.2 Å². The molecule has 102 valence electrons. The minimum Gasteiger partial charge on any atom is -0.493 e. The molecule has 0 radical (unpaired) electrons. The topological polar surface area (TPSA) is 9.23 Å². The summed E-state index contributed by atoms with van der Waals surface area (Å²) in [5, 5.41) is 0.753. The van der Waals surface area contributed by atoms with Crippen molar-refractivity contribution in [1.29, 1.82) is 0 Å². The first-order valence-electron chi connectivity index (χ1n) is 5.69. The van der Waals surface area contributed by atoms with Crippen molar-refractivity contribution in [2.45, 2.75) is 38.2 Å². The van der Waals surface area contributed by atoms with Gasteiger partial charge in [-0.25, -0.2) is 0 Å². The Bertz CT molecular complexity index is 379. The molecule has 1 aromatic carbocycles. The minimum atomic E-state index is -4.10. The molecule has 0 saturated carbocycles. The average molecular weight is 325 g/mol. The van der Waals surface area contributed by atoms with Crippen LogP contribution < -0.4 is 4.74 Å². The van der Waals surface area contributed by atoms with Gasteiger partial charge in [0.2, 0.25) is 0 Å². The van der Waals surface area contributed by atoms with E-state index in [2.05, 4.69) is 15.9 Å². The number of benzene rings is 1. The van der Waals surface area contributed by atoms with E-state index in [1.165, 1.54) is 0 Å². The third kappa shape index (κ3) is 4.88. The molecule has 5 heteroatoms. The van der Waals surface area contributed by atoms with Gasteiger partial charge in [0, 0.05) is 11.8 Å². The molecule has 0 heterocycles. The molecule has 0 aliphatic heterocycles. The SMILES string of the molecule is Cc1cc(CBr)cc(C)c1OCCCC(F)(F)F. The number of alkyl halides is 4. The van der Waals surface area contributed by atoms with Gasteiger partial charge in [-0.3, -0.25) is 0 Å². The zero-order chi connectivity index (χ0) is 13.8. The van der Waals surface area contributed by atoms with Gasteiger partial charge in [-0.2, -0.15) is 13.2 Å². The summed E-state index contributed by atoms with van der Waals surface area (Å²) >= 11 is 3.37. The van der Waals surface area contributed by atoms with E-state index in [-0.39, 0.29) is 13.0 Å². The van der Waals surface area contributed by atoms with Crippen molar-refractivity contribution in [3.05, 3.63) is 28.8 Å². The van der Waals surface area contributed by atoms with E-state index in [1.54, 1.807) is 0 Å². The van der Waals surface area contributed by atoms with E-state index < -0.39 is 12.6 Å². The monoisotopic (exact) mass is 324 g/mol. The second kappa shape index (κ2) is 6.45. The van der Waals surface area contributed by atoms with E-state index in [4.69, 9.17) is 4.74 Å². The molecule has 0 atom stereocenters. The van der Waals surface area contributed by atoms with Crippen molar-refractivity contribution < 1.29 is 17.9 Å². The normalized spacial score (nSPS) is 11.7. The molecule has 0 spiro atoms. The van der Waals surface area contributed by atoms with E-state index in [1.807, 2.05) is 26.0 Å². The molecular weight excluding hydrogens is 309 g/mol. The van der Waals surface area contributed by atoms with Gasteiger partial charge in [0.15, 0.2) is 0 Å². The largest absolute Gasteiger partial charge is 0.493 e. The van der Waals surface area contributed by atoms with Crippen LogP contribution >= 0.6 is 15.9 Å². The van der Waals surface area contributed by atoms with Gasteiger partial charge in [-0.05, 0) is 37.0 Å². The lowest BCUT2D eigenvalue weighted by Gasteiger charge is -2.14. The lowest BCUT2D eigenvalue weighted by Crippen LogP contribution is -2.10. The summed E-state index contributed by atoms with van der Waals surface area (Å²) in [6, 6.07) is 3.95. The molecule has 0 unspecified atom stereocenters. The molecule has 0 amide bonds. The van der Waals surface area contributed by atoms with Gasteiger partial charge in [-0.1, -0.05) is 28.1 Å². The van der Waals surface area contributed by atoms with Crippen molar-refractivity contribution in [3.8, 4) is 5.75 Å². The standard InChI is InChI=1S/C13H16BrF3O/c1-9-6-11(8-14)7-10(2)12(9)18-5-3-4-13(15,16)17/h6-7H,3-5,8H2,1-2H3. The summed E-state index contributed by atoms with van der Waals surface area (Å²) in [6.07, 6.45) is -4.92. The Hall–Kier alpha value is -0.710. The minimum absolute atomic E-state index is 0.0113. The Morgan fingerprint density at radius 2 is 1.72 bits per heavy atom. The molecule has 0 aromatic heterocycles. The summed E-state index contributed by atoms with van der Waals surface area (Å²) < 4.78 is 41.4.